The summed E-state index contributed by atoms with van der Waals surface area (Å²) in [6.07, 6.45) is 0. The van der Waals surface area contributed by atoms with Crippen molar-refractivity contribution in [2.75, 3.05) is 31.1 Å². The summed E-state index contributed by atoms with van der Waals surface area (Å²) in [7, 11) is 0. The molecule has 3 rings (SSSR count). The fourth-order valence-corrected chi connectivity index (χ4v) is 3.24. The van der Waals surface area contributed by atoms with Crippen LogP contribution in [-0.4, -0.2) is 37.1 Å². The summed E-state index contributed by atoms with van der Waals surface area (Å²) in [5.74, 6) is 0. The van der Waals surface area contributed by atoms with Crippen molar-refractivity contribution in [3.8, 4) is 0 Å². The van der Waals surface area contributed by atoms with Gasteiger partial charge in [0, 0.05) is 31.9 Å². The molecule has 0 bridgehead atoms. The van der Waals surface area contributed by atoms with E-state index < -0.39 is 0 Å². The first-order chi connectivity index (χ1) is 12.0. The molecule has 1 fully saturated rings. The highest BCUT2D eigenvalue weighted by molar-refractivity contribution is 6.42. The topological polar surface area (TPSA) is 35.6 Å². The lowest BCUT2D eigenvalue weighted by Gasteiger charge is -2.36. The molecule has 2 amide bonds. The predicted octanol–water partition coefficient (Wildman–Crippen LogP) is 4.59. The molecule has 0 radical (unpaired) electrons. The standard InChI is InChI=1S/C19H21Cl2N3O/c1-14(15-5-3-2-4-6-15)22-19(25)24-11-9-23(10-12-24)16-7-8-17(20)18(21)13-16/h2-8,13-14H,9-12H2,1H3,(H,22,25). The highest BCUT2D eigenvalue weighted by Gasteiger charge is 2.22. The average Bonchev–Trinajstić information content (AvgIpc) is 2.65. The lowest BCUT2D eigenvalue weighted by molar-refractivity contribution is 0.191. The summed E-state index contributed by atoms with van der Waals surface area (Å²) in [5.41, 5.74) is 2.14. The fourth-order valence-electron chi connectivity index (χ4n) is 2.95. The van der Waals surface area contributed by atoms with Gasteiger partial charge >= 0.3 is 6.03 Å². The number of nitrogens with zero attached hydrogens (tertiary/aromatic N) is 2. The Hall–Kier alpha value is -1.91. The summed E-state index contributed by atoms with van der Waals surface area (Å²) in [4.78, 5) is 16.6. The monoisotopic (exact) mass is 377 g/mol. The molecule has 4 nitrogen and oxygen atoms in total. The van der Waals surface area contributed by atoms with E-state index in [-0.39, 0.29) is 12.1 Å². The first-order valence-electron chi connectivity index (χ1n) is 8.35. The molecule has 1 heterocycles. The van der Waals surface area contributed by atoms with Crippen LogP contribution in [0.4, 0.5) is 10.5 Å². The Morgan fingerprint density at radius 2 is 1.68 bits per heavy atom. The molecule has 1 N–H and O–H groups in total. The Morgan fingerprint density at radius 1 is 1.00 bits per heavy atom. The molecule has 0 saturated carbocycles. The quantitative estimate of drug-likeness (QED) is 0.848. The molecule has 1 unspecified atom stereocenters. The molecular formula is C19H21Cl2N3O. The van der Waals surface area contributed by atoms with Crippen LogP contribution in [0.1, 0.15) is 18.5 Å². The zero-order chi connectivity index (χ0) is 17.8. The van der Waals surface area contributed by atoms with Crippen LogP contribution in [0.2, 0.25) is 10.0 Å². The number of hydrogen-bond donors (Lipinski definition) is 1. The summed E-state index contributed by atoms with van der Waals surface area (Å²) in [5, 5.41) is 4.17. The molecule has 25 heavy (non-hydrogen) atoms. The molecule has 6 heteroatoms. The van der Waals surface area contributed by atoms with Crippen LogP contribution in [0.5, 0.6) is 0 Å². The van der Waals surface area contributed by atoms with Crippen LogP contribution >= 0.6 is 23.2 Å². The van der Waals surface area contributed by atoms with Gasteiger partial charge in [-0.15, -0.1) is 0 Å². The van der Waals surface area contributed by atoms with Crippen LogP contribution in [0.15, 0.2) is 48.5 Å². The normalized spacial score (nSPS) is 15.8. The van der Waals surface area contributed by atoms with Crippen LogP contribution in [0.3, 0.4) is 0 Å². The smallest absolute Gasteiger partial charge is 0.317 e. The maximum atomic E-state index is 12.5. The van der Waals surface area contributed by atoms with Crippen LogP contribution in [0.25, 0.3) is 0 Å². The van der Waals surface area contributed by atoms with Crippen LogP contribution in [0, 0.1) is 0 Å². The van der Waals surface area contributed by atoms with Crippen molar-refractivity contribution in [2.24, 2.45) is 0 Å². The van der Waals surface area contributed by atoms with Gasteiger partial charge in [-0.1, -0.05) is 53.5 Å². The number of carbonyl (C=O) groups excluding carboxylic acids is 1. The van der Waals surface area contributed by atoms with Crippen molar-refractivity contribution >= 4 is 34.9 Å². The number of benzene rings is 2. The number of anilines is 1. The molecule has 1 aliphatic rings. The molecule has 1 aliphatic heterocycles. The molecule has 0 spiro atoms. The molecule has 1 atom stereocenters. The van der Waals surface area contributed by atoms with Gasteiger partial charge in [0.25, 0.3) is 0 Å². The molecular weight excluding hydrogens is 357 g/mol. The van der Waals surface area contributed by atoms with Gasteiger partial charge in [-0.2, -0.15) is 0 Å². The third-order valence-corrected chi connectivity index (χ3v) is 5.21. The molecule has 0 aromatic heterocycles. The van der Waals surface area contributed by atoms with Crippen LogP contribution < -0.4 is 10.2 Å². The summed E-state index contributed by atoms with van der Waals surface area (Å²) >= 11 is 12.1. The highest BCUT2D eigenvalue weighted by atomic mass is 35.5. The van der Waals surface area contributed by atoms with Crippen LogP contribution in [-0.2, 0) is 0 Å². The first-order valence-corrected chi connectivity index (χ1v) is 9.10. The molecule has 0 aliphatic carbocycles. The Morgan fingerprint density at radius 3 is 2.32 bits per heavy atom. The van der Waals surface area contributed by atoms with Crippen molar-refractivity contribution in [1.29, 1.82) is 0 Å². The zero-order valence-corrected chi connectivity index (χ0v) is 15.6. The van der Waals surface area contributed by atoms with Gasteiger partial charge in [-0.3, -0.25) is 0 Å². The Kier molecular flexibility index (Phi) is 5.71. The van der Waals surface area contributed by atoms with E-state index in [1.165, 1.54) is 0 Å². The van der Waals surface area contributed by atoms with Gasteiger partial charge in [0.15, 0.2) is 0 Å². The minimum absolute atomic E-state index is 0.0122. The molecule has 1 saturated heterocycles. The molecule has 2 aromatic carbocycles. The first kappa shape index (κ1) is 17.9. The second-order valence-corrected chi connectivity index (χ2v) is 6.97. The SMILES string of the molecule is CC(NC(=O)N1CCN(c2ccc(Cl)c(Cl)c2)CC1)c1ccccc1. The number of halogens is 2. The van der Waals surface area contributed by atoms with Gasteiger partial charge in [0.05, 0.1) is 16.1 Å². The van der Waals surface area contributed by atoms with E-state index in [0.29, 0.717) is 23.1 Å². The summed E-state index contributed by atoms with van der Waals surface area (Å²) in [6.45, 7) is 4.89. The van der Waals surface area contributed by atoms with Crippen molar-refractivity contribution in [2.45, 2.75) is 13.0 Å². The molecule has 132 valence electrons. The van der Waals surface area contributed by atoms with E-state index >= 15 is 0 Å². The predicted molar refractivity (Wildman–Crippen MR) is 104 cm³/mol. The maximum absolute atomic E-state index is 12.5. The van der Waals surface area contributed by atoms with Crippen molar-refractivity contribution in [3.05, 3.63) is 64.1 Å². The fraction of sp³-hybridized carbons (Fsp3) is 0.316. The minimum atomic E-state index is -0.0230. The molecule has 2 aromatic rings. The third kappa shape index (κ3) is 4.39. The second-order valence-electron chi connectivity index (χ2n) is 6.15. The lowest BCUT2D eigenvalue weighted by atomic mass is 10.1. The van der Waals surface area contributed by atoms with E-state index in [0.717, 1.165) is 24.3 Å². The lowest BCUT2D eigenvalue weighted by Crippen LogP contribution is -2.52. The number of piperazine rings is 1. The minimum Gasteiger partial charge on any atom is -0.368 e. The number of rotatable bonds is 3. The van der Waals surface area contributed by atoms with E-state index in [9.17, 15) is 4.79 Å². The van der Waals surface area contributed by atoms with E-state index in [1.54, 1.807) is 6.07 Å². The Balaban J connectivity index is 1.54. The third-order valence-electron chi connectivity index (χ3n) is 4.47. The number of urea groups is 1. The van der Waals surface area contributed by atoms with Gasteiger partial charge in [0.2, 0.25) is 0 Å². The average molecular weight is 378 g/mol. The zero-order valence-electron chi connectivity index (χ0n) is 14.1. The van der Waals surface area contributed by atoms with Gasteiger partial charge in [-0.25, -0.2) is 4.79 Å². The number of hydrogen-bond acceptors (Lipinski definition) is 2. The summed E-state index contributed by atoms with van der Waals surface area (Å²) in [6, 6.07) is 15.6. The maximum Gasteiger partial charge on any atom is 0.317 e. The van der Waals surface area contributed by atoms with Gasteiger partial charge in [0.1, 0.15) is 0 Å². The van der Waals surface area contributed by atoms with E-state index in [1.807, 2.05) is 54.3 Å². The van der Waals surface area contributed by atoms with E-state index in [4.69, 9.17) is 23.2 Å². The van der Waals surface area contributed by atoms with Gasteiger partial charge in [-0.05, 0) is 30.7 Å². The highest BCUT2D eigenvalue weighted by Crippen LogP contribution is 2.27. The van der Waals surface area contributed by atoms with Gasteiger partial charge < -0.3 is 15.1 Å². The number of nitrogens with one attached hydrogen (secondary N) is 1. The number of amides is 2. The van der Waals surface area contributed by atoms with Crippen molar-refractivity contribution < 1.29 is 4.79 Å². The van der Waals surface area contributed by atoms with Crippen molar-refractivity contribution in [1.82, 2.24) is 10.2 Å². The summed E-state index contributed by atoms with van der Waals surface area (Å²) < 4.78 is 0. The Labute approximate surface area is 158 Å². The van der Waals surface area contributed by atoms with E-state index in [2.05, 4.69) is 10.2 Å². The van der Waals surface area contributed by atoms with Crippen molar-refractivity contribution in [3.63, 3.8) is 0 Å². The Bertz CT molecular complexity index is 731. The second kappa shape index (κ2) is 7.98. The number of carbonyl (C=O) groups is 1. The largest absolute Gasteiger partial charge is 0.368 e.